The Labute approximate surface area is 159 Å². The molecule has 0 radical (unpaired) electrons. The lowest BCUT2D eigenvalue weighted by Crippen LogP contribution is -2.25. The Morgan fingerprint density at radius 1 is 1.04 bits per heavy atom. The summed E-state index contributed by atoms with van der Waals surface area (Å²) in [7, 11) is 0. The minimum absolute atomic E-state index is 0.0810. The first-order valence-corrected chi connectivity index (χ1v) is 9.03. The maximum absolute atomic E-state index is 12.2. The van der Waals surface area contributed by atoms with Crippen LogP contribution in [0.5, 0.6) is 0 Å². The van der Waals surface area contributed by atoms with E-state index in [0.717, 1.165) is 29.9 Å². The molecule has 0 aromatic carbocycles. The third kappa shape index (κ3) is 5.60. The molecule has 2 N–H and O–H groups in total. The maximum Gasteiger partial charge on any atom is 0.252 e. The van der Waals surface area contributed by atoms with E-state index in [4.69, 9.17) is 0 Å². The highest BCUT2D eigenvalue weighted by Gasteiger charge is 2.08. The SMILES string of the molecule is C[C@H](Nc1ccc(C(=O)NCCCc2ccccn2)cn1)c1cccnc1. The fourth-order valence-corrected chi connectivity index (χ4v) is 2.67. The number of amides is 1. The van der Waals surface area contributed by atoms with Crippen LogP contribution in [-0.2, 0) is 6.42 Å². The first-order valence-electron chi connectivity index (χ1n) is 9.03. The number of carbonyl (C=O) groups excluding carboxylic acids is 1. The molecule has 0 aliphatic heterocycles. The van der Waals surface area contributed by atoms with Crippen molar-refractivity contribution in [2.24, 2.45) is 0 Å². The second kappa shape index (κ2) is 9.43. The molecule has 3 heterocycles. The summed E-state index contributed by atoms with van der Waals surface area (Å²) in [6, 6.07) is 13.4. The maximum atomic E-state index is 12.2. The molecule has 3 rings (SSSR count). The first-order chi connectivity index (χ1) is 13.2. The van der Waals surface area contributed by atoms with Crippen LogP contribution in [0.2, 0.25) is 0 Å². The predicted molar refractivity (Wildman–Crippen MR) is 105 cm³/mol. The van der Waals surface area contributed by atoms with Gasteiger partial charge in [-0.1, -0.05) is 12.1 Å². The average Bonchev–Trinajstić information content (AvgIpc) is 2.73. The standard InChI is InChI=1S/C21H23N5O/c1-16(17-6-4-11-22-14-17)26-20-10-9-18(15-25-20)21(27)24-13-5-8-19-7-2-3-12-23-19/h2-4,6-7,9-12,14-16H,5,8,13H2,1H3,(H,24,27)(H,25,26)/t16-/m0/s1. The van der Waals surface area contributed by atoms with E-state index in [-0.39, 0.29) is 11.9 Å². The van der Waals surface area contributed by atoms with E-state index in [1.165, 1.54) is 0 Å². The largest absolute Gasteiger partial charge is 0.363 e. The van der Waals surface area contributed by atoms with Gasteiger partial charge in [0.1, 0.15) is 5.82 Å². The van der Waals surface area contributed by atoms with Crippen LogP contribution < -0.4 is 10.6 Å². The van der Waals surface area contributed by atoms with Crippen molar-refractivity contribution >= 4 is 11.7 Å². The van der Waals surface area contributed by atoms with Gasteiger partial charge < -0.3 is 10.6 Å². The van der Waals surface area contributed by atoms with Crippen molar-refractivity contribution in [3.05, 3.63) is 84.1 Å². The van der Waals surface area contributed by atoms with Crippen LogP contribution in [0.15, 0.2) is 67.3 Å². The molecule has 1 atom stereocenters. The molecule has 138 valence electrons. The summed E-state index contributed by atoms with van der Waals surface area (Å²) < 4.78 is 0. The van der Waals surface area contributed by atoms with E-state index in [1.807, 2.05) is 49.5 Å². The van der Waals surface area contributed by atoms with Gasteiger partial charge in [-0.2, -0.15) is 0 Å². The Kier molecular flexibility index (Phi) is 6.46. The van der Waals surface area contributed by atoms with E-state index in [9.17, 15) is 4.79 Å². The predicted octanol–water partition coefficient (Wildman–Crippen LogP) is 3.41. The van der Waals surface area contributed by atoms with Crippen LogP contribution in [0, 0.1) is 0 Å². The number of aryl methyl sites for hydroxylation is 1. The number of hydrogen-bond acceptors (Lipinski definition) is 5. The molecule has 0 aliphatic carbocycles. The second-order valence-corrected chi connectivity index (χ2v) is 6.27. The van der Waals surface area contributed by atoms with Crippen LogP contribution in [0.4, 0.5) is 5.82 Å². The number of nitrogens with one attached hydrogen (secondary N) is 2. The minimum atomic E-state index is -0.115. The lowest BCUT2D eigenvalue weighted by atomic mass is 10.1. The van der Waals surface area contributed by atoms with E-state index in [2.05, 4.69) is 25.6 Å². The highest BCUT2D eigenvalue weighted by atomic mass is 16.1. The summed E-state index contributed by atoms with van der Waals surface area (Å²) >= 11 is 0. The molecule has 3 aromatic rings. The minimum Gasteiger partial charge on any atom is -0.363 e. The summed E-state index contributed by atoms with van der Waals surface area (Å²) in [5, 5.41) is 6.22. The molecule has 0 saturated carbocycles. The number of anilines is 1. The molecule has 0 aliphatic rings. The molecule has 1 amide bonds. The summed E-state index contributed by atoms with van der Waals surface area (Å²) in [5.74, 6) is 0.605. The van der Waals surface area contributed by atoms with Crippen LogP contribution in [0.25, 0.3) is 0 Å². The monoisotopic (exact) mass is 361 g/mol. The lowest BCUT2D eigenvalue weighted by molar-refractivity contribution is 0.0953. The number of pyridine rings is 3. The van der Waals surface area contributed by atoms with Gasteiger partial charge in [-0.3, -0.25) is 14.8 Å². The van der Waals surface area contributed by atoms with Gasteiger partial charge in [0.2, 0.25) is 0 Å². The Balaban J connectivity index is 1.45. The van der Waals surface area contributed by atoms with E-state index >= 15 is 0 Å². The highest BCUT2D eigenvalue weighted by Crippen LogP contribution is 2.16. The molecule has 6 heteroatoms. The fraction of sp³-hybridized carbons (Fsp3) is 0.238. The van der Waals surface area contributed by atoms with Gasteiger partial charge in [-0.25, -0.2) is 4.98 Å². The Hall–Kier alpha value is -3.28. The molecule has 3 aromatic heterocycles. The topological polar surface area (TPSA) is 79.8 Å². The summed E-state index contributed by atoms with van der Waals surface area (Å²) in [5.41, 5.74) is 2.66. The summed E-state index contributed by atoms with van der Waals surface area (Å²) in [4.78, 5) is 25.0. The first kappa shape index (κ1) is 18.5. The van der Waals surface area contributed by atoms with Crippen molar-refractivity contribution in [1.29, 1.82) is 0 Å². The zero-order chi connectivity index (χ0) is 18.9. The molecule has 0 unspecified atom stereocenters. The number of aromatic nitrogens is 3. The fourth-order valence-electron chi connectivity index (χ4n) is 2.67. The van der Waals surface area contributed by atoms with Crippen molar-refractivity contribution in [3.8, 4) is 0 Å². The Morgan fingerprint density at radius 3 is 2.67 bits per heavy atom. The van der Waals surface area contributed by atoms with Gasteiger partial charge in [0, 0.05) is 37.0 Å². The zero-order valence-corrected chi connectivity index (χ0v) is 15.3. The van der Waals surface area contributed by atoms with E-state index in [1.54, 1.807) is 24.7 Å². The number of nitrogens with zero attached hydrogens (tertiary/aromatic N) is 3. The molecule has 0 bridgehead atoms. The number of hydrogen-bond donors (Lipinski definition) is 2. The van der Waals surface area contributed by atoms with Gasteiger partial charge >= 0.3 is 0 Å². The molecular weight excluding hydrogens is 338 g/mol. The molecular formula is C21H23N5O. The zero-order valence-electron chi connectivity index (χ0n) is 15.3. The van der Waals surface area contributed by atoms with Crippen molar-refractivity contribution < 1.29 is 4.79 Å². The normalized spacial score (nSPS) is 11.6. The van der Waals surface area contributed by atoms with Gasteiger partial charge in [0.25, 0.3) is 5.91 Å². The van der Waals surface area contributed by atoms with Gasteiger partial charge in [-0.15, -0.1) is 0 Å². The smallest absolute Gasteiger partial charge is 0.252 e. The lowest BCUT2D eigenvalue weighted by Gasteiger charge is -2.14. The quantitative estimate of drug-likeness (QED) is 0.601. The van der Waals surface area contributed by atoms with Crippen LogP contribution >= 0.6 is 0 Å². The third-order valence-corrected chi connectivity index (χ3v) is 4.20. The molecule has 6 nitrogen and oxygen atoms in total. The number of carbonyl (C=O) groups is 1. The Bertz CT molecular complexity index is 837. The number of rotatable bonds is 8. The van der Waals surface area contributed by atoms with Crippen LogP contribution in [0.3, 0.4) is 0 Å². The highest BCUT2D eigenvalue weighted by molar-refractivity contribution is 5.94. The molecule has 0 saturated heterocycles. The van der Waals surface area contributed by atoms with Crippen LogP contribution in [0.1, 0.15) is 41.0 Å². The molecule has 0 fully saturated rings. The van der Waals surface area contributed by atoms with Crippen molar-refractivity contribution in [2.75, 3.05) is 11.9 Å². The summed E-state index contributed by atoms with van der Waals surface area (Å²) in [6.45, 7) is 2.65. The molecule has 27 heavy (non-hydrogen) atoms. The second-order valence-electron chi connectivity index (χ2n) is 6.27. The third-order valence-electron chi connectivity index (χ3n) is 4.20. The van der Waals surface area contributed by atoms with E-state index in [0.29, 0.717) is 12.1 Å². The van der Waals surface area contributed by atoms with Crippen LogP contribution in [-0.4, -0.2) is 27.4 Å². The van der Waals surface area contributed by atoms with Crippen molar-refractivity contribution in [2.45, 2.75) is 25.8 Å². The Morgan fingerprint density at radius 2 is 1.96 bits per heavy atom. The van der Waals surface area contributed by atoms with Crippen molar-refractivity contribution in [1.82, 2.24) is 20.3 Å². The molecule has 0 spiro atoms. The van der Waals surface area contributed by atoms with Gasteiger partial charge in [-0.05, 0) is 55.7 Å². The van der Waals surface area contributed by atoms with Gasteiger partial charge in [0.05, 0.1) is 11.6 Å². The van der Waals surface area contributed by atoms with Gasteiger partial charge in [0.15, 0.2) is 0 Å². The average molecular weight is 361 g/mol. The van der Waals surface area contributed by atoms with E-state index < -0.39 is 0 Å². The summed E-state index contributed by atoms with van der Waals surface area (Å²) in [6.07, 6.45) is 8.63. The van der Waals surface area contributed by atoms with Crippen molar-refractivity contribution in [3.63, 3.8) is 0 Å².